The molecule has 2 aliphatic heterocycles. The quantitative estimate of drug-likeness (QED) is 0.899. The Morgan fingerprint density at radius 1 is 1.20 bits per heavy atom. The molecule has 3 heterocycles. The molecule has 0 aliphatic carbocycles. The molecule has 0 spiro atoms. The van der Waals surface area contributed by atoms with E-state index in [9.17, 15) is 4.79 Å². The summed E-state index contributed by atoms with van der Waals surface area (Å²) in [7, 11) is 0. The molecule has 0 aromatic carbocycles. The smallest absolute Gasteiger partial charge is 0.409 e. The summed E-state index contributed by atoms with van der Waals surface area (Å²) in [5.74, 6) is 0. The van der Waals surface area contributed by atoms with Gasteiger partial charge in [0.1, 0.15) is 0 Å². The summed E-state index contributed by atoms with van der Waals surface area (Å²) in [5.41, 5.74) is 6.93. The maximum Gasteiger partial charge on any atom is 0.409 e. The van der Waals surface area contributed by atoms with Gasteiger partial charge in [-0.3, -0.25) is 4.68 Å². The van der Waals surface area contributed by atoms with Crippen LogP contribution in [-0.2, 0) is 11.3 Å². The molecule has 0 saturated carbocycles. The molecule has 2 aliphatic rings. The Bertz CT molecular complexity index is 553. The van der Waals surface area contributed by atoms with Crippen LogP contribution in [0.5, 0.6) is 0 Å². The lowest BCUT2D eigenvalue weighted by atomic mass is 10.00. The molecule has 7 heteroatoms. The number of aromatic nitrogens is 2. The number of likely N-dealkylation sites (tertiary alicyclic amines) is 2. The number of nitrogens with two attached hydrogens (primary N) is 1. The molecular formula is C18H31N5O2. The van der Waals surface area contributed by atoms with E-state index in [4.69, 9.17) is 10.5 Å². The topological polar surface area (TPSA) is 76.6 Å². The van der Waals surface area contributed by atoms with Gasteiger partial charge in [0, 0.05) is 45.0 Å². The van der Waals surface area contributed by atoms with Gasteiger partial charge in [0.15, 0.2) is 0 Å². The van der Waals surface area contributed by atoms with Gasteiger partial charge in [-0.25, -0.2) is 4.79 Å². The van der Waals surface area contributed by atoms with Gasteiger partial charge in [-0.1, -0.05) is 0 Å². The van der Waals surface area contributed by atoms with E-state index in [1.54, 1.807) is 0 Å². The summed E-state index contributed by atoms with van der Waals surface area (Å²) in [6.45, 7) is 6.67. The second-order valence-corrected chi connectivity index (χ2v) is 7.01. The van der Waals surface area contributed by atoms with Crippen LogP contribution in [-0.4, -0.2) is 64.5 Å². The Morgan fingerprint density at radius 2 is 1.96 bits per heavy atom. The highest BCUT2D eigenvalue weighted by Gasteiger charge is 2.29. The maximum absolute atomic E-state index is 11.9. The van der Waals surface area contributed by atoms with Crippen LogP contribution < -0.4 is 5.73 Å². The number of amides is 1. The van der Waals surface area contributed by atoms with E-state index in [2.05, 4.69) is 14.7 Å². The van der Waals surface area contributed by atoms with E-state index < -0.39 is 0 Å². The maximum atomic E-state index is 11.9. The van der Waals surface area contributed by atoms with Crippen LogP contribution in [0.15, 0.2) is 12.3 Å². The third-order valence-electron chi connectivity index (χ3n) is 5.55. The van der Waals surface area contributed by atoms with E-state index >= 15 is 0 Å². The molecule has 1 aromatic heterocycles. The summed E-state index contributed by atoms with van der Waals surface area (Å²) >= 11 is 0. The Morgan fingerprint density at radius 3 is 2.68 bits per heavy atom. The van der Waals surface area contributed by atoms with Crippen LogP contribution >= 0.6 is 0 Å². The number of carbonyl (C=O) groups excluding carboxylic acids is 1. The van der Waals surface area contributed by atoms with Gasteiger partial charge in [0.05, 0.1) is 18.3 Å². The molecular weight excluding hydrogens is 318 g/mol. The molecule has 0 radical (unpaired) electrons. The number of rotatable bonds is 4. The lowest BCUT2D eigenvalue weighted by Crippen LogP contribution is -2.43. The Hall–Kier alpha value is -1.60. The zero-order valence-electron chi connectivity index (χ0n) is 15.3. The SMILES string of the molecule is CCOC(=O)N1CCCC(N2CCC(n3nccc3CN)CC2)CC1. The van der Waals surface area contributed by atoms with Crippen LogP contribution in [0.2, 0.25) is 0 Å². The lowest BCUT2D eigenvalue weighted by Gasteiger charge is -2.37. The minimum Gasteiger partial charge on any atom is -0.450 e. The number of hydrogen-bond acceptors (Lipinski definition) is 5. The summed E-state index contributed by atoms with van der Waals surface area (Å²) in [6, 6.07) is 3.06. The third kappa shape index (κ3) is 4.33. The molecule has 1 amide bonds. The van der Waals surface area contributed by atoms with Crippen molar-refractivity contribution >= 4 is 6.09 Å². The molecule has 2 fully saturated rings. The molecule has 1 unspecified atom stereocenters. The fourth-order valence-corrected chi connectivity index (χ4v) is 4.17. The highest BCUT2D eigenvalue weighted by molar-refractivity contribution is 5.67. The van der Waals surface area contributed by atoms with Crippen LogP contribution in [0.4, 0.5) is 4.79 Å². The molecule has 25 heavy (non-hydrogen) atoms. The van der Waals surface area contributed by atoms with Crippen LogP contribution in [0.3, 0.4) is 0 Å². The monoisotopic (exact) mass is 349 g/mol. The molecule has 2 N–H and O–H groups in total. The van der Waals surface area contributed by atoms with E-state index in [1.807, 2.05) is 24.1 Å². The fourth-order valence-electron chi connectivity index (χ4n) is 4.17. The lowest BCUT2D eigenvalue weighted by molar-refractivity contribution is 0.102. The van der Waals surface area contributed by atoms with E-state index in [-0.39, 0.29) is 6.09 Å². The van der Waals surface area contributed by atoms with Crippen LogP contribution in [0.25, 0.3) is 0 Å². The zero-order valence-corrected chi connectivity index (χ0v) is 15.3. The highest BCUT2D eigenvalue weighted by Crippen LogP contribution is 2.27. The van der Waals surface area contributed by atoms with Crippen molar-refractivity contribution in [3.63, 3.8) is 0 Å². The predicted octanol–water partition coefficient (Wildman–Crippen LogP) is 1.99. The minimum absolute atomic E-state index is 0.158. The summed E-state index contributed by atoms with van der Waals surface area (Å²) < 4.78 is 7.27. The van der Waals surface area contributed by atoms with Crippen LogP contribution in [0, 0.1) is 0 Å². The molecule has 0 bridgehead atoms. The average molecular weight is 349 g/mol. The van der Waals surface area contributed by atoms with Gasteiger partial charge < -0.3 is 20.3 Å². The normalized spacial score (nSPS) is 23.4. The van der Waals surface area contributed by atoms with Crippen molar-refractivity contribution in [3.8, 4) is 0 Å². The Kier molecular flexibility index (Phi) is 6.31. The fraction of sp³-hybridized carbons (Fsp3) is 0.778. The number of hydrogen-bond donors (Lipinski definition) is 1. The first-order valence-electron chi connectivity index (χ1n) is 9.61. The van der Waals surface area contributed by atoms with Crippen LogP contribution in [0.1, 0.15) is 50.8 Å². The van der Waals surface area contributed by atoms with E-state index in [1.165, 1.54) is 0 Å². The van der Waals surface area contributed by atoms with Gasteiger partial charge in [-0.05, 0) is 45.1 Å². The molecule has 2 saturated heterocycles. The summed E-state index contributed by atoms with van der Waals surface area (Å²) in [5, 5.41) is 4.47. The number of piperidine rings is 1. The zero-order chi connectivity index (χ0) is 17.6. The van der Waals surface area contributed by atoms with Crippen molar-refractivity contribution < 1.29 is 9.53 Å². The molecule has 140 valence electrons. The molecule has 1 aromatic rings. The standard InChI is InChI=1S/C18H31N5O2/c1-2-25-18(24)22-10-3-4-15(6-13-22)21-11-7-16(8-12-21)23-17(14-19)5-9-20-23/h5,9,15-16H,2-4,6-8,10-14,19H2,1H3. The van der Waals surface area contributed by atoms with Crippen molar-refractivity contribution in [1.82, 2.24) is 19.6 Å². The molecule has 7 nitrogen and oxygen atoms in total. The van der Waals surface area contributed by atoms with Gasteiger partial charge >= 0.3 is 6.09 Å². The largest absolute Gasteiger partial charge is 0.450 e. The minimum atomic E-state index is -0.158. The van der Waals surface area contributed by atoms with Crippen molar-refractivity contribution in [3.05, 3.63) is 18.0 Å². The number of nitrogens with zero attached hydrogens (tertiary/aromatic N) is 4. The Labute approximate surface area is 150 Å². The van der Waals surface area contributed by atoms with Gasteiger partial charge in [0.25, 0.3) is 0 Å². The summed E-state index contributed by atoms with van der Waals surface area (Å²) in [6.07, 6.45) is 7.19. The first-order valence-corrected chi connectivity index (χ1v) is 9.61. The highest BCUT2D eigenvalue weighted by atomic mass is 16.6. The van der Waals surface area contributed by atoms with Crippen molar-refractivity contribution in [1.29, 1.82) is 0 Å². The predicted molar refractivity (Wildman–Crippen MR) is 96.2 cm³/mol. The first-order chi connectivity index (χ1) is 12.2. The van der Waals surface area contributed by atoms with Gasteiger partial charge in [-0.2, -0.15) is 5.10 Å². The first kappa shape index (κ1) is 18.2. The van der Waals surface area contributed by atoms with E-state index in [0.29, 0.717) is 25.2 Å². The van der Waals surface area contributed by atoms with Crippen molar-refractivity contribution in [2.24, 2.45) is 5.73 Å². The second kappa shape index (κ2) is 8.67. The average Bonchev–Trinajstić information content (AvgIpc) is 2.98. The number of carbonyl (C=O) groups is 1. The second-order valence-electron chi connectivity index (χ2n) is 7.01. The van der Waals surface area contributed by atoms with Gasteiger partial charge in [0.2, 0.25) is 0 Å². The number of ether oxygens (including phenoxy) is 1. The van der Waals surface area contributed by atoms with E-state index in [0.717, 1.165) is 64.0 Å². The molecule has 1 atom stereocenters. The molecule has 3 rings (SSSR count). The van der Waals surface area contributed by atoms with Crippen molar-refractivity contribution in [2.45, 2.75) is 57.7 Å². The van der Waals surface area contributed by atoms with Crippen molar-refractivity contribution in [2.75, 3.05) is 32.8 Å². The Balaban J connectivity index is 1.50. The van der Waals surface area contributed by atoms with Gasteiger partial charge in [-0.15, -0.1) is 0 Å². The summed E-state index contributed by atoms with van der Waals surface area (Å²) in [4.78, 5) is 16.4. The third-order valence-corrected chi connectivity index (χ3v) is 5.55.